The van der Waals surface area contributed by atoms with Crippen molar-refractivity contribution in [3.05, 3.63) is 65.9 Å². The molecule has 1 aromatic heterocycles. The molecule has 0 aliphatic rings. The molecule has 0 amide bonds. The maximum Gasteiger partial charge on any atom is 0.148 e. The fourth-order valence-electron chi connectivity index (χ4n) is 2.18. The van der Waals surface area contributed by atoms with E-state index in [1.54, 1.807) is 6.20 Å². The molecule has 1 heterocycles. The lowest BCUT2D eigenvalue weighted by Gasteiger charge is -2.14. The zero-order chi connectivity index (χ0) is 14.8. The van der Waals surface area contributed by atoms with Crippen molar-refractivity contribution in [3.63, 3.8) is 0 Å². The second-order valence-electron chi connectivity index (χ2n) is 4.75. The number of fused-ring (bicyclic) bond motifs is 1. The molecule has 0 unspecified atom stereocenters. The minimum atomic E-state index is 0.275. The smallest absolute Gasteiger partial charge is 0.148 e. The van der Waals surface area contributed by atoms with Crippen LogP contribution in [-0.2, 0) is 0 Å². The van der Waals surface area contributed by atoms with E-state index in [1.807, 2.05) is 55.5 Å². The first-order chi connectivity index (χ1) is 10.2. The minimum Gasteiger partial charge on any atom is -0.456 e. The van der Waals surface area contributed by atoms with Crippen LogP contribution >= 0.6 is 12.2 Å². The van der Waals surface area contributed by atoms with Crippen molar-refractivity contribution in [2.45, 2.75) is 6.92 Å². The van der Waals surface area contributed by atoms with Gasteiger partial charge >= 0.3 is 0 Å². The molecule has 104 valence electrons. The van der Waals surface area contributed by atoms with Crippen LogP contribution in [0.4, 0.5) is 0 Å². The van der Waals surface area contributed by atoms with E-state index in [4.69, 9.17) is 22.7 Å². The first-order valence-corrected chi connectivity index (χ1v) is 6.98. The Morgan fingerprint density at radius 2 is 1.81 bits per heavy atom. The maximum atomic E-state index is 6.11. The third kappa shape index (κ3) is 2.58. The van der Waals surface area contributed by atoms with E-state index < -0.39 is 0 Å². The molecule has 0 aliphatic heterocycles. The molecular formula is C17H14N2OS. The van der Waals surface area contributed by atoms with Crippen LogP contribution < -0.4 is 10.5 Å². The quantitative estimate of drug-likeness (QED) is 0.743. The second kappa shape index (κ2) is 5.50. The lowest BCUT2D eigenvalue weighted by molar-refractivity contribution is 0.483. The lowest BCUT2D eigenvalue weighted by atomic mass is 10.1. The predicted octanol–water partition coefficient (Wildman–Crippen LogP) is 3.97. The molecule has 2 aromatic carbocycles. The SMILES string of the molecule is Cc1ccccc1Oc1c(C(N)=S)cnc2ccccc12. The topological polar surface area (TPSA) is 48.1 Å². The average Bonchev–Trinajstić information content (AvgIpc) is 2.49. The fourth-order valence-corrected chi connectivity index (χ4v) is 2.33. The average molecular weight is 294 g/mol. The van der Waals surface area contributed by atoms with Gasteiger partial charge in [-0.2, -0.15) is 0 Å². The number of nitrogens with two attached hydrogens (primary N) is 1. The van der Waals surface area contributed by atoms with Crippen LogP contribution in [0.3, 0.4) is 0 Å². The number of benzene rings is 2. The molecule has 0 radical (unpaired) electrons. The van der Waals surface area contributed by atoms with Gasteiger partial charge in [0.05, 0.1) is 11.1 Å². The van der Waals surface area contributed by atoms with Crippen LogP contribution in [0.25, 0.3) is 10.9 Å². The van der Waals surface area contributed by atoms with Crippen molar-refractivity contribution in [2.24, 2.45) is 5.73 Å². The first kappa shape index (κ1) is 13.5. The van der Waals surface area contributed by atoms with Gasteiger partial charge in [0, 0.05) is 11.6 Å². The zero-order valence-corrected chi connectivity index (χ0v) is 12.4. The van der Waals surface area contributed by atoms with Gasteiger partial charge in [-0.3, -0.25) is 4.98 Å². The van der Waals surface area contributed by atoms with E-state index in [0.29, 0.717) is 11.3 Å². The number of aromatic nitrogens is 1. The summed E-state index contributed by atoms with van der Waals surface area (Å²) in [6.45, 7) is 2.00. The van der Waals surface area contributed by atoms with E-state index in [-0.39, 0.29) is 4.99 Å². The van der Waals surface area contributed by atoms with Crippen molar-refractivity contribution >= 4 is 28.1 Å². The molecule has 3 aromatic rings. The highest BCUT2D eigenvalue weighted by atomic mass is 32.1. The summed E-state index contributed by atoms with van der Waals surface area (Å²) in [5.41, 5.74) is 8.35. The van der Waals surface area contributed by atoms with Crippen LogP contribution in [0.2, 0.25) is 0 Å². The molecule has 0 saturated carbocycles. The van der Waals surface area contributed by atoms with E-state index in [1.165, 1.54) is 0 Å². The maximum absolute atomic E-state index is 6.11. The van der Waals surface area contributed by atoms with Crippen molar-refractivity contribution < 1.29 is 4.74 Å². The number of para-hydroxylation sites is 2. The van der Waals surface area contributed by atoms with Crippen LogP contribution in [-0.4, -0.2) is 9.97 Å². The van der Waals surface area contributed by atoms with Gasteiger partial charge < -0.3 is 10.5 Å². The number of thiocarbonyl (C=S) groups is 1. The summed E-state index contributed by atoms with van der Waals surface area (Å²) >= 11 is 5.12. The van der Waals surface area contributed by atoms with E-state index in [2.05, 4.69) is 4.98 Å². The summed E-state index contributed by atoms with van der Waals surface area (Å²) in [6, 6.07) is 15.6. The van der Waals surface area contributed by atoms with Crippen LogP contribution in [0, 0.1) is 6.92 Å². The number of hydrogen-bond acceptors (Lipinski definition) is 3. The Balaban J connectivity index is 2.21. The molecule has 3 nitrogen and oxygen atoms in total. The van der Waals surface area contributed by atoms with Crippen molar-refractivity contribution in [3.8, 4) is 11.5 Å². The summed E-state index contributed by atoms with van der Waals surface area (Å²) < 4.78 is 6.11. The Morgan fingerprint density at radius 1 is 1.10 bits per heavy atom. The third-order valence-corrected chi connectivity index (χ3v) is 3.52. The van der Waals surface area contributed by atoms with Gasteiger partial charge in [0.15, 0.2) is 0 Å². The normalized spacial score (nSPS) is 10.5. The van der Waals surface area contributed by atoms with Crippen LogP contribution in [0.15, 0.2) is 54.7 Å². The van der Waals surface area contributed by atoms with Gasteiger partial charge in [0.1, 0.15) is 16.5 Å². The number of nitrogens with zero attached hydrogens (tertiary/aromatic N) is 1. The van der Waals surface area contributed by atoms with Gasteiger partial charge in [-0.25, -0.2) is 0 Å². The highest BCUT2D eigenvalue weighted by Gasteiger charge is 2.13. The van der Waals surface area contributed by atoms with Gasteiger partial charge in [0.25, 0.3) is 0 Å². The van der Waals surface area contributed by atoms with Gasteiger partial charge in [-0.05, 0) is 30.7 Å². The summed E-state index contributed by atoms with van der Waals surface area (Å²) in [7, 11) is 0. The molecule has 0 bridgehead atoms. The fraction of sp³-hybridized carbons (Fsp3) is 0.0588. The van der Waals surface area contributed by atoms with Crippen molar-refractivity contribution in [2.75, 3.05) is 0 Å². The van der Waals surface area contributed by atoms with Gasteiger partial charge in [-0.1, -0.05) is 42.5 Å². The highest BCUT2D eigenvalue weighted by Crippen LogP contribution is 2.33. The minimum absolute atomic E-state index is 0.275. The largest absolute Gasteiger partial charge is 0.456 e. The molecule has 3 rings (SSSR count). The summed E-state index contributed by atoms with van der Waals surface area (Å²) in [5, 5.41) is 0.894. The van der Waals surface area contributed by atoms with Crippen LogP contribution in [0.5, 0.6) is 11.5 Å². The van der Waals surface area contributed by atoms with Crippen molar-refractivity contribution in [1.29, 1.82) is 0 Å². The molecule has 0 atom stereocenters. The highest BCUT2D eigenvalue weighted by molar-refractivity contribution is 7.80. The monoisotopic (exact) mass is 294 g/mol. The van der Waals surface area contributed by atoms with Crippen molar-refractivity contribution in [1.82, 2.24) is 4.98 Å². The summed E-state index contributed by atoms with van der Waals surface area (Å²) in [6.07, 6.45) is 1.66. The number of pyridine rings is 1. The Hall–Kier alpha value is -2.46. The standard InChI is InChI=1S/C17H14N2OS/c1-11-6-2-5-9-15(11)20-16-12-7-3-4-8-14(12)19-10-13(16)17(18)21/h2-10H,1H3,(H2,18,21). The van der Waals surface area contributed by atoms with Gasteiger partial charge in [-0.15, -0.1) is 0 Å². The summed E-state index contributed by atoms with van der Waals surface area (Å²) in [4.78, 5) is 4.65. The number of rotatable bonds is 3. The Morgan fingerprint density at radius 3 is 2.57 bits per heavy atom. The lowest BCUT2D eigenvalue weighted by Crippen LogP contribution is -2.11. The number of ether oxygens (including phenoxy) is 1. The number of aryl methyl sites for hydroxylation is 1. The molecule has 0 fully saturated rings. The zero-order valence-electron chi connectivity index (χ0n) is 11.5. The molecule has 0 aliphatic carbocycles. The van der Waals surface area contributed by atoms with Crippen LogP contribution in [0.1, 0.15) is 11.1 Å². The second-order valence-corrected chi connectivity index (χ2v) is 5.19. The molecule has 2 N–H and O–H groups in total. The third-order valence-electron chi connectivity index (χ3n) is 3.30. The van der Waals surface area contributed by atoms with E-state index >= 15 is 0 Å². The Kier molecular flexibility index (Phi) is 3.54. The van der Waals surface area contributed by atoms with E-state index in [0.717, 1.165) is 22.2 Å². The number of hydrogen-bond donors (Lipinski definition) is 1. The molecule has 0 spiro atoms. The molecular weight excluding hydrogens is 280 g/mol. The summed E-state index contributed by atoms with van der Waals surface area (Å²) in [5.74, 6) is 1.44. The molecule has 0 saturated heterocycles. The van der Waals surface area contributed by atoms with Gasteiger partial charge in [0.2, 0.25) is 0 Å². The predicted molar refractivity (Wildman–Crippen MR) is 88.9 cm³/mol. The van der Waals surface area contributed by atoms with E-state index in [9.17, 15) is 0 Å². The Bertz CT molecular complexity index is 830. The first-order valence-electron chi connectivity index (χ1n) is 6.58. The molecule has 4 heteroatoms. The molecule has 21 heavy (non-hydrogen) atoms. The Labute approximate surface area is 128 Å².